The van der Waals surface area contributed by atoms with Gasteiger partial charge in [-0.1, -0.05) is 0 Å². The Bertz CT molecular complexity index is 537. The topological polar surface area (TPSA) is 62.7 Å². The minimum absolute atomic E-state index is 0.140. The maximum Gasteiger partial charge on any atom is 0.312 e. The Kier molecular flexibility index (Phi) is 5.11. The van der Waals surface area contributed by atoms with Crippen molar-refractivity contribution in [3.8, 4) is 0 Å². The highest BCUT2D eigenvalue weighted by Gasteiger charge is 2.47. The lowest BCUT2D eigenvalue weighted by molar-refractivity contribution is -0.173. The van der Waals surface area contributed by atoms with Gasteiger partial charge in [-0.05, 0) is 58.7 Å². The molecule has 0 spiro atoms. The fraction of sp³-hybridized carbons (Fsp3) is 0.667. The van der Waals surface area contributed by atoms with Crippen LogP contribution < -0.4 is 0 Å². The molecule has 2 unspecified atom stereocenters. The smallest absolute Gasteiger partial charge is 0.312 e. The lowest BCUT2D eigenvalue weighted by Crippen LogP contribution is -2.44. The van der Waals surface area contributed by atoms with Crippen molar-refractivity contribution in [2.75, 3.05) is 6.54 Å². The van der Waals surface area contributed by atoms with Crippen molar-refractivity contribution < 1.29 is 14.6 Å². The number of hydrogen-bond acceptors (Lipinski definition) is 5. The first-order chi connectivity index (χ1) is 10.6. The summed E-state index contributed by atoms with van der Waals surface area (Å²) < 4.78 is 5.54. The van der Waals surface area contributed by atoms with E-state index in [2.05, 4.69) is 4.98 Å². The van der Waals surface area contributed by atoms with E-state index in [1.165, 1.54) is 0 Å². The van der Waals surface area contributed by atoms with E-state index in [1.54, 1.807) is 12.4 Å². The number of nitrogens with zero attached hydrogens (tertiary/aromatic N) is 2. The third kappa shape index (κ3) is 4.30. The molecule has 5 heteroatoms. The highest BCUT2D eigenvalue weighted by atomic mass is 16.6. The monoisotopic (exact) mass is 320 g/mol. The van der Waals surface area contributed by atoms with Gasteiger partial charge in [-0.15, -0.1) is 0 Å². The molecule has 0 aromatic carbocycles. The maximum absolute atomic E-state index is 12.5. The Morgan fingerprint density at radius 2 is 1.91 bits per heavy atom. The third-order valence-corrected chi connectivity index (χ3v) is 4.45. The number of ether oxygens (including phenoxy) is 1. The maximum atomic E-state index is 12.5. The Morgan fingerprint density at radius 3 is 2.48 bits per heavy atom. The summed E-state index contributed by atoms with van der Waals surface area (Å²) in [6, 6.07) is 3.89. The van der Waals surface area contributed by atoms with E-state index >= 15 is 0 Å². The van der Waals surface area contributed by atoms with E-state index in [4.69, 9.17) is 4.74 Å². The first-order valence-corrected chi connectivity index (χ1v) is 8.16. The van der Waals surface area contributed by atoms with Gasteiger partial charge in [0.25, 0.3) is 0 Å². The van der Waals surface area contributed by atoms with E-state index in [0.29, 0.717) is 6.54 Å². The van der Waals surface area contributed by atoms with Gasteiger partial charge in [-0.3, -0.25) is 14.7 Å². The molecule has 2 atom stereocenters. The molecule has 23 heavy (non-hydrogen) atoms. The second-order valence-electron chi connectivity index (χ2n) is 7.86. The van der Waals surface area contributed by atoms with Gasteiger partial charge in [0.1, 0.15) is 11.8 Å². The summed E-state index contributed by atoms with van der Waals surface area (Å²) in [6.07, 6.45) is 3.63. The largest absolute Gasteiger partial charge is 0.460 e. The SMILES string of the molecule is CC(C)(C)OC(=O)C(C)(C)C1CCN(Cc2ccncc2)C1O. The van der Waals surface area contributed by atoms with E-state index in [0.717, 1.165) is 18.5 Å². The summed E-state index contributed by atoms with van der Waals surface area (Å²) in [6.45, 7) is 10.7. The molecule has 2 heterocycles. The minimum Gasteiger partial charge on any atom is -0.460 e. The lowest BCUT2D eigenvalue weighted by atomic mass is 9.77. The molecule has 2 rings (SSSR count). The zero-order valence-electron chi connectivity index (χ0n) is 14.7. The number of aromatic nitrogens is 1. The predicted octanol–water partition coefficient (Wildman–Crippen LogP) is 2.59. The fourth-order valence-electron chi connectivity index (χ4n) is 3.03. The van der Waals surface area contributed by atoms with Crippen LogP contribution in [0, 0.1) is 11.3 Å². The molecule has 1 aromatic heterocycles. The molecule has 0 saturated carbocycles. The summed E-state index contributed by atoms with van der Waals surface area (Å²) >= 11 is 0. The number of pyridine rings is 1. The van der Waals surface area contributed by atoms with Crippen molar-refractivity contribution in [1.29, 1.82) is 0 Å². The van der Waals surface area contributed by atoms with Gasteiger partial charge in [0.15, 0.2) is 0 Å². The number of rotatable bonds is 4. The van der Waals surface area contributed by atoms with Gasteiger partial charge in [0, 0.05) is 31.4 Å². The van der Waals surface area contributed by atoms with E-state index in [-0.39, 0.29) is 11.9 Å². The molecule has 0 bridgehead atoms. The number of hydrogen-bond donors (Lipinski definition) is 1. The average molecular weight is 320 g/mol. The van der Waals surface area contributed by atoms with E-state index < -0.39 is 17.2 Å². The molecule has 1 aliphatic rings. The molecular formula is C18H28N2O3. The second-order valence-corrected chi connectivity index (χ2v) is 7.86. The minimum atomic E-state index is -0.723. The fourth-order valence-corrected chi connectivity index (χ4v) is 3.03. The average Bonchev–Trinajstić information content (AvgIpc) is 2.80. The third-order valence-electron chi connectivity index (χ3n) is 4.45. The number of esters is 1. The molecule has 1 saturated heterocycles. The highest BCUT2D eigenvalue weighted by Crippen LogP contribution is 2.40. The number of carbonyl (C=O) groups is 1. The van der Waals surface area contributed by atoms with Crippen LogP contribution in [0.15, 0.2) is 24.5 Å². The van der Waals surface area contributed by atoms with Gasteiger partial charge in [-0.25, -0.2) is 0 Å². The van der Waals surface area contributed by atoms with Crippen LogP contribution in [0.3, 0.4) is 0 Å². The number of carbonyl (C=O) groups excluding carboxylic acids is 1. The van der Waals surface area contributed by atoms with Gasteiger partial charge >= 0.3 is 5.97 Å². The molecule has 5 nitrogen and oxygen atoms in total. The summed E-state index contributed by atoms with van der Waals surface area (Å²) in [7, 11) is 0. The van der Waals surface area contributed by atoms with Crippen LogP contribution in [0.25, 0.3) is 0 Å². The molecule has 1 aromatic rings. The zero-order chi connectivity index (χ0) is 17.3. The highest BCUT2D eigenvalue weighted by molar-refractivity contribution is 5.76. The van der Waals surface area contributed by atoms with Gasteiger partial charge in [0.2, 0.25) is 0 Å². The van der Waals surface area contributed by atoms with Crippen molar-refractivity contribution in [1.82, 2.24) is 9.88 Å². The van der Waals surface area contributed by atoms with Crippen molar-refractivity contribution in [3.05, 3.63) is 30.1 Å². The molecule has 1 aliphatic heterocycles. The van der Waals surface area contributed by atoms with Crippen LogP contribution in [0.1, 0.15) is 46.6 Å². The summed E-state index contributed by atoms with van der Waals surface area (Å²) in [4.78, 5) is 18.5. The lowest BCUT2D eigenvalue weighted by Gasteiger charge is -2.35. The molecule has 0 amide bonds. The second kappa shape index (κ2) is 6.57. The Balaban J connectivity index is 2.05. The zero-order valence-corrected chi connectivity index (χ0v) is 14.7. The van der Waals surface area contributed by atoms with Crippen LogP contribution in [-0.4, -0.2) is 39.3 Å². The normalized spacial score (nSPS) is 23.0. The van der Waals surface area contributed by atoms with Crippen LogP contribution in [0.2, 0.25) is 0 Å². The number of aliphatic hydroxyl groups is 1. The van der Waals surface area contributed by atoms with Crippen molar-refractivity contribution in [2.24, 2.45) is 11.3 Å². The molecular weight excluding hydrogens is 292 g/mol. The van der Waals surface area contributed by atoms with Crippen LogP contribution in [0.4, 0.5) is 0 Å². The van der Waals surface area contributed by atoms with Crippen LogP contribution >= 0.6 is 0 Å². The summed E-state index contributed by atoms with van der Waals surface area (Å²) in [5, 5.41) is 10.7. The molecule has 0 radical (unpaired) electrons. The molecule has 1 N–H and O–H groups in total. The standard InChI is InChI=1S/C18H28N2O3/c1-17(2,3)23-16(22)18(4,5)14-8-11-20(15(14)21)12-13-6-9-19-10-7-13/h6-7,9-10,14-15,21H,8,11-12H2,1-5H3. The van der Waals surface area contributed by atoms with Gasteiger partial charge < -0.3 is 9.84 Å². The van der Waals surface area contributed by atoms with Crippen molar-refractivity contribution >= 4 is 5.97 Å². The first-order valence-electron chi connectivity index (χ1n) is 8.16. The number of aliphatic hydroxyl groups excluding tert-OH is 1. The first kappa shape index (κ1) is 17.9. The van der Waals surface area contributed by atoms with Crippen LogP contribution in [-0.2, 0) is 16.1 Å². The van der Waals surface area contributed by atoms with Crippen molar-refractivity contribution in [3.63, 3.8) is 0 Å². The Hall–Kier alpha value is -1.46. The van der Waals surface area contributed by atoms with E-state index in [9.17, 15) is 9.90 Å². The molecule has 128 valence electrons. The van der Waals surface area contributed by atoms with Gasteiger partial charge in [0.05, 0.1) is 5.41 Å². The predicted molar refractivity (Wildman–Crippen MR) is 88.4 cm³/mol. The quantitative estimate of drug-likeness (QED) is 0.864. The van der Waals surface area contributed by atoms with E-state index in [1.807, 2.05) is 51.7 Å². The Labute approximate surface area is 138 Å². The Morgan fingerprint density at radius 1 is 1.30 bits per heavy atom. The van der Waals surface area contributed by atoms with Crippen molar-refractivity contribution in [2.45, 2.75) is 59.4 Å². The summed E-state index contributed by atoms with van der Waals surface area (Å²) in [5.74, 6) is -0.390. The number of likely N-dealkylation sites (tertiary alicyclic amines) is 1. The molecule has 1 fully saturated rings. The van der Waals surface area contributed by atoms with Gasteiger partial charge in [-0.2, -0.15) is 0 Å². The summed E-state index contributed by atoms with van der Waals surface area (Å²) in [5.41, 5.74) is -0.135. The van der Waals surface area contributed by atoms with Crippen LogP contribution in [0.5, 0.6) is 0 Å². The molecule has 0 aliphatic carbocycles.